The third-order valence-corrected chi connectivity index (χ3v) is 4.37. The summed E-state index contributed by atoms with van der Waals surface area (Å²) in [4.78, 5) is 3.45. The summed E-state index contributed by atoms with van der Waals surface area (Å²) in [5.74, 6) is 0.553. The number of aryl methyl sites for hydroxylation is 2. The van der Waals surface area contributed by atoms with Crippen LogP contribution in [0.2, 0.25) is 0 Å². The van der Waals surface area contributed by atoms with Gasteiger partial charge >= 0.3 is 0 Å². The highest BCUT2D eigenvalue weighted by atomic mass is 79.9. The predicted octanol–water partition coefficient (Wildman–Crippen LogP) is 1.62. The molecule has 7 heteroatoms. The molecule has 0 aromatic carbocycles. The smallest absolute Gasteiger partial charge is 0.177 e. The van der Waals surface area contributed by atoms with E-state index in [2.05, 4.69) is 31.3 Å². The molecule has 0 fully saturated rings. The van der Waals surface area contributed by atoms with Gasteiger partial charge in [0.2, 0.25) is 0 Å². The van der Waals surface area contributed by atoms with E-state index in [0.717, 1.165) is 14.2 Å². The molecule has 86 valence electrons. The third kappa shape index (κ3) is 2.47. The summed E-state index contributed by atoms with van der Waals surface area (Å²) < 4.78 is 1.03. The zero-order valence-corrected chi connectivity index (χ0v) is 11.3. The second-order valence-corrected chi connectivity index (χ2v) is 5.61. The molecule has 0 aliphatic rings. The van der Waals surface area contributed by atoms with Crippen molar-refractivity contribution < 1.29 is 5.11 Å². The molecule has 1 N–H and O–H groups in total. The number of rotatable bonds is 3. The number of aromatic nitrogens is 4. The van der Waals surface area contributed by atoms with Gasteiger partial charge in [0.25, 0.3) is 0 Å². The number of hydrogen-bond acceptors (Lipinski definition) is 5. The summed E-state index contributed by atoms with van der Waals surface area (Å²) in [5.41, 5.74) is 0. The van der Waals surface area contributed by atoms with Crippen LogP contribution >= 0.6 is 27.3 Å². The maximum Gasteiger partial charge on any atom is 0.177 e. The Hall–Kier alpha value is -0.790. The van der Waals surface area contributed by atoms with E-state index in [1.165, 1.54) is 4.80 Å². The molecular weight excluding hydrogens is 292 g/mol. The molecule has 0 spiro atoms. The van der Waals surface area contributed by atoms with Gasteiger partial charge in [0.15, 0.2) is 5.82 Å². The fourth-order valence-corrected chi connectivity index (χ4v) is 2.87. The molecule has 5 nitrogen and oxygen atoms in total. The first-order valence-corrected chi connectivity index (χ1v) is 6.34. The molecule has 2 aromatic heterocycles. The number of aliphatic hydroxyl groups excluding tert-OH is 1. The normalized spacial score (nSPS) is 13.0. The second-order valence-electron chi connectivity index (χ2n) is 3.47. The highest BCUT2D eigenvalue weighted by Crippen LogP contribution is 2.31. The minimum Gasteiger partial charge on any atom is -0.387 e. The number of halogens is 1. The summed E-state index contributed by atoms with van der Waals surface area (Å²) in [6.45, 7) is 2.01. The number of hydrogen-bond donors (Lipinski definition) is 1. The van der Waals surface area contributed by atoms with Gasteiger partial charge < -0.3 is 5.11 Å². The van der Waals surface area contributed by atoms with Crippen LogP contribution in [0.25, 0.3) is 0 Å². The van der Waals surface area contributed by atoms with Gasteiger partial charge in [-0.05, 0) is 34.1 Å². The Bertz CT molecular complexity index is 476. The summed E-state index contributed by atoms with van der Waals surface area (Å²) in [6.07, 6.45) is -0.181. The van der Waals surface area contributed by atoms with Crippen molar-refractivity contribution in [3.63, 3.8) is 0 Å². The molecule has 2 rings (SSSR count). The van der Waals surface area contributed by atoms with Crippen LogP contribution in [0.4, 0.5) is 0 Å². The summed E-state index contributed by atoms with van der Waals surface area (Å²) in [7, 11) is 1.70. The van der Waals surface area contributed by atoms with E-state index in [1.807, 2.05) is 13.0 Å². The predicted molar refractivity (Wildman–Crippen MR) is 64.2 cm³/mol. The van der Waals surface area contributed by atoms with Gasteiger partial charge in [0, 0.05) is 20.6 Å². The van der Waals surface area contributed by atoms with Crippen molar-refractivity contribution in [1.29, 1.82) is 0 Å². The van der Waals surface area contributed by atoms with Crippen LogP contribution < -0.4 is 0 Å². The maximum atomic E-state index is 9.99. The molecule has 0 radical (unpaired) electrons. The van der Waals surface area contributed by atoms with Crippen molar-refractivity contribution in [3.05, 3.63) is 26.1 Å². The number of aliphatic hydroxyl groups is 1. The topological polar surface area (TPSA) is 63.8 Å². The average molecular weight is 303 g/mol. The van der Waals surface area contributed by atoms with E-state index in [9.17, 15) is 5.11 Å². The zero-order chi connectivity index (χ0) is 11.7. The molecule has 2 heterocycles. The van der Waals surface area contributed by atoms with Gasteiger partial charge in [-0.15, -0.1) is 21.5 Å². The van der Waals surface area contributed by atoms with Crippen molar-refractivity contribution in [3.8, 4) is 0 Å². The zero-order valence-electron chi connectivity index (χ0n) is 8.88. The Kier molecular flexibility index (Phi) is 3.36. The number of nitrogens with zero attached hydrogens (tertiary/aromatic N) is 4. The Labute approximate surface area is 105 Å². The molecule has 0 bridgehead atoms. The molecule has 0 saturated heterocycles. The first kappa shape index (κ1) is 11.7. The van der Waals surface area contributed by atoms with E-state index in [0.29, 0.717) is 12.2 Å². The SMILES string of the molecule is Cc1sc(C(O)Cc2nnn(C)n2)cc1Br. The number of thiophene rings is 1. The van der Waals surface area contributed by atoms with Gasteiger partial charge in [-0.3, -0.25) is 0 Å². The van der Waals surface area contributed by atoms with Crippen LogP contribution in [0.3, 0.4) is 0 Å². The van der Waals surface area contributed by atoms with E-state index in [1.54, 1.807) is 18.4 Å². The van der Waals surface area contributed by atoms with Gasteiger partial charge in [-0.25, -0.2) is 0 Å². The van der Waals surface area contributed by atoms with Crippen LogP contribution in [0.1, 0.15) is 21.7 Å². The highest BCUT2D eigenvalue weighted by molar-refractivity contribution is 9.10. The van der Waals surface area contributed by atoms with Crippen molar-refractivity contribution in [2.24, 2.45) is 7.05 Å². The molecule has 0 aliphatic heterocycles. The van der Waals surface area contributed by atoms with Crippen LogP contribution in [-0.2, 0) is 13.5 Å². The molecule has 1 atom stereocenters. The Morgan fingerprint density at radius 2 is 2.38 bits per heavy atom. The van der Waals surface area contributed by atoms with Crippen LogP contribution in [0.5, 0.6) is 0 Å². The molecule has 1 unspecified atom stereocenters. The largest absolute Gasteiger partial charge is 0.387 e. The van der Waals surface area contributed by atoms with Gasteiger partial charge in [0.05, 0.1) is 13.2 Å². The summed E-state index contributed by atoms with van der Waals surface area (Å²) in [6, 6.07) is 1.93. The lowest BCUT2D eigenvalue weighted by Crippen LogP contribution is -2.02. The van der Waals surface area contributed by atoms with E-state index < -0.39 is 6.10 Å². The molecule has 0 aliphatic carbocycles. The average Bonchev–Trinajstić information content (AvgIpc) is 2.75. The minimum atomic E-state index is -0.570. The molecule has 2 aromatic rings. The van der Waals surface area contributed by atoms with Gasteiger partial charge in [0.1, 0.15) is 0 Å². The fraction of sp³-hybridized carbons (Fsp3) is 0.444. The lowest BCUT2D eigenvalue weighted by molar-refractivity contribution is 0.179. The monoisotopic (exact) mass is 302 g/mol. The van der Waals surface area contributed by atoms with Gasteiger partial charge in [-0.2, -0.15) is 4.80 Å². The van der Waals surface area contributed by atoms with Gasteiger partial charge in [-0.1, -0.05) is 0 Å². The Morgan fingerprint density at radius 1 is 1.62 bits per heavy atom. The van der Waals surface area contributed by atoms with E-state index >= 15 is 0 Å². The van der Waals surface area contributed by atoms with Crippen molar-refractivity contribution in [1.82, 2.24) is 20.2 Å². The van der Waals surface area contributed by atoms with Crippen molar-refractivity contribution in [2.45, 2.75) is 19.4 Å². The van der Waals surface area contributed by atoms with Crippen molar-refractivity contribution in [2.75, 3.05) is 0 Å². The number of tetrazole rings is 1. The molecule has 0 amide bonds. The first-order valence-electron chi connectivity index (χ1n) is 4.73. The van der Waals surface area contributed by atoms with E-state index in [-0.39, 0.29) is 0 Å². The maximum absolute atomic E-state index is 9.99. The highest BCUT2D eigenvalue weighted by Gasteiger charge is 2.15. The molecule has 0 saturated carbocycles. The van der Waals surface area contributed by atoms with Crippen LogP contribution in [0.15, 0.2) is 10.5 Å². The molecule has 16 heavy (non-hydrogen) atoms. The third-order valence-electron chi connectivity index (χ3n) is 2.13. The fourth-order valence-electron chi connectivity index (χ4n) is 1.32. The Morgan fingerprint density at radius 3 is 2.88 bits per heavy atom. The first-order chi connectivity index (χ1) is 7.56. The lowest BCUT2D eigenvalue weighted by atomic mass is 10.2. The standard InChI is InChI=1S/C9H11BrN4OS/c1-5-6(10)3-8(16-5)7(15)4-9-11-13-14(2)12-9/h3,7,15H,4H2,1-2H3. The van der Waals surface area contributed by atoms with E-state index in [4.69, 9.17) is 0 Å². The lowest BCUT2D eigenvalue weighted by Gasteiger charge is -2.03. The minimum absolute atomic E-state index is 0.389. The van der Waals surface area contributed by atoms with Crippen LogP contribution in [-0.4, -0.2) is 25.3 Å². The Balaban J connectivity index is 2.11. The van der Waals surface area contributed by atoms with Crippen LogP contribution in [0, 0.1) is 6.92 Å². The quantitative estimate of drug-likeness (QED) is 0.936. The van der Waals surface area contributed by atoms with Crippen molar-refractivity contribution >= 4 is 27.3 Å². The second kappa shape index (κ2) is 4.60. The summed E-state index contributed by atoms with van der Waals surface area (Å²) in [5, 5.41) is 21.6. The summed E-state index contributed by atoms with van der Waals surface area (Å²) >= 11 is 4.99. The molecular formula is C9H11BrN4OS.